The maximum Gasteiger partial charge on any atom is 0.329 e. The Bertz CT molecular complexity index is 604. The highest BCUT2D eigenvalue weighted by atomic mass is 16.4. The summed E-state index contributed by atoms with van der Waals surface area (Å²) in [5.74, 6) is -0.962. The number of urea groups is 1. The van der Waals surface area contributed by atoms with Crippen LogP contribution < -0.4 is 16.4 Å². The van der Waals surface area contributed by atoms with Crippen LogP contribution in [0.5, 0.6) is 0 Å². The largest absolute Gasteiger partial charge is 0.480 e. The zero-order valence-corrected chi connectivity index (χ0v) is 13.0. The summed E-state index contributed by atoms with van der Waals surface area (Å²) in [6.07, 6.45) is 2.40. The van der Waals surface area contributed by atoms with E-state index < -0.39 is 23.4 Å². The Morgan fingerprint density at radius 1 is 1.17 bits per heavy atom. The summed E-state index contributed by atoms with van der Waals surface area (Å²) in [5, 5.41) is 14.6. The number of carbonyl (C=O) groups is 3. The van der Waals surface area contributed by atoms with Crippen LogP contribution in [-0.2, 0) is 4.79 Å². The molecule has 0 heterocycles. The number of carbonyl (C=O) groups excluding carboxylic acids is 2. The van der Waals surface area contributed by atoms with Crippen molar-refractivity contribution in [2.75, 3.05) is 5.32 Å². The molecule has 1 aromatic rings. The quantitative estimate of drug-likeness (QED) is 0.677. The Hall–Kier alpha value is -2.57. The molecule has 124 valence electrons. The van der Waals surface area contributed by atoms with Gasteiger partial charge in [-0.05, 0) is 55.9 Å². The van der Waals surface area contributed by atoms with Crippen molar-refractivity contribution in [2.24, 2.45) is 11.7 Å². The van der Waals surface area contributed by atoms with Crippen LogP contribution in [0.2, 0.25) is 0 Å². The summed E-state index contributed by atoms with van der Waals surface area (Å²) in [7, 11) is 0. The molecule has 1 aliphatic carbocycles. The molecule has 1 aliphatic rings. The predicted octanol–water partition coefficient (Wildman–Crippen LogP) is 1.94. The first-order chi connectivity index (χ1) is 10.8. The number of benzene rings is 1. The summed E-state index contributed by atoms with van der Waals surface area (Å²) in [6.45, 7) is 2.08. The molecule has 1 fully saturated rings. The summed E-state index contributed by atoms with van der Waals surface area (Å²) in [6, 6.07) is 5.42. The molecule has 2 rings (SSSR count). The number of hydrogen-bond acceptors (Lipinski definition) is 3. The molecule has 0 atom stereocenters. The van der Waals surface area contributed by atoms with Gasteiger partial charge < -0.3 is 21.5 Å². The normalized spacial score (nSPS) is 23.8. The van der Waals surface area contributed by atoms with E-state index in [0.717, 1.165) is 12.8 Å². The molecular weight excluding hydrogens is 298 g/mol. The number of nitrogens with one attached hydrogen (secondary N) is 2. The van der Waals surface area contributed by atoms with Gasteiger partial charge in [-0.1, -0.05) is 6.92 Å². The van der Waals surface area contributed by atoms with Gasteiger partial charge in [0.1, 0.15) is 5.54 Å². The Morgan fingerprint density at radius 2 is 1.74 bits per heavy atom. The topological polar surface area (TPSA) is 122 Å². The summed E-state index contributed by atoms with van der Waals surface area (Å²) >= 11 is 0. The molecule has 0 bridgehead atoms. The molecule has 7 heteroatoms. The Morgan fingerprint density at radius 3 is 2.22 bits per heavy atom. The van der Waals surface area contributed by atoms with Crippen molar-refractivity contribution in [2.45, 2.75) is 38.1 Å². The minimum Gasteiger partial charge on any atom is -0.480 e. The molecule has 0 radical (unpaired) electrons. The first kappa shape index (κ1) is 16.8. The van der Waals surface area contributed by atoms with Crippen molar-refractivity contribution < 1.29 is 19.5 Å². The first-order valence-electron chi connectivity index (χ1n) is 7.55. The van der Waals surface area contributed by atoms with Gasteiger partial charge in [-0.2, -0.15) is 0 Å². The monoisotopic (exact) mass is 319 g/mol. The van der Waals surface area contributed by atoms with Gasteiger partial charge in [0.15, 0.2) is 0 Å². The van der Waals surface area contributed by atoms with Gasteiger partial charge in [0.05, 0.1) is 0 Å². The van der Waals surface area contributed by atoms with Crippen molar-refractivity contribution in [1.29, 1.82) is 0 Å². The average Bonchev–Trinajstić information content (AvgIpc) is 2.49. The predicted molar refractivity (Wildman–Crippen MR) is 85.1 cm³/mol. The third-order valence-corrected chi connectivity index (χ3v) is 4.30. The van der Waals surface area contributed by atoms with Crippen molar-refractivity contribution in [3.8, 4) is 0 Å². The molecule has 23 heavy (non-hydrogen) atoms. The number of carboxylic acids is 1. The highest BCUT2D eigenvalue weighted by molar-refractivity contribution is 5.98. The van der Waals surface area contributed by atoms with Crippen molar-refractivity contribution in [1.82, 2.24) is 5.32 Å². The average molecular weight is 319 g/mol. The molecule has 0 aromatic heterocycles. The van der Waals surface area contributed by atoms with Crippen LogP contribution in [-0.4, -0.2) is 28.6 Å². The minimum absolute atomic E-state index is 0.333. The van der Waals surface area contributed by atoms with E-state index in [-0.39, 0.29) is 0 Å². The zero-order chi connectivity index (χ0) is 17.0. The van der Waals surface area contributed by atoms with Crippen molar-refractivity contribution >= 4 is 23.6 Å². The van der Waals surface area contributed by atoms with Crippen molar-refractivity contribution in [3.05, 3.63) is 29.8 Å². The van der Waals surface area contributed by atoms with E-state index in [1.807, 2.05) is 0 Å². The van der Waals surface area contributed by atoms with E-state index in [2.05, 4.69) is 17.6 Å². The van der Waals surface area contributed by atoms with Crippen LogP contribution in [0.15, 0.2) is 24.3 Å². The second-order valence-electron chi connectivity index (χ2n) is 6.09. The maximum atomic E-state index is 12.4. The van der Waals surface area contributed by atoms with Gasteiger partial charge >= 0.3 is 12.0 Å². The summed E-state index contributed by atoms with van der Waals surface area (Å²) in [5.41, 5.74) is 4.61. The molecule has 5 N–H and O–H groups in total. The number of rotatable bonds is 4. The minimum atomic E-state index is -1.20. The molecule has 3 amide bonds. The number of amides is 3. The van der Waals surface area contributed by atoms with E-state index in [9.17, 15) is 19.5 Å². The van der Waals surface area contributed by atoms with E-state index in [1.54, 1.807) is 0 Å². The van der Waals surface area contributed by atoms with E-state index in [1.165, 1.54) is 24.3 Å². The number of anilines is 1. The van der Waals surface area contributed by atoms with Gasteiger partial charge in [-0.25, -0.2) is 9.59 Å². The number of nitrogens with two attached hydrogens (primary N) is 1. The van der Waals surface area contributed by atoms with Gasteiger partial charge in [0, 0.05) is 11.3 Å². The van der Waals surface area contributed by atoms with Crippen LogP contribution in [0, 0.1) is 5.92 Å². The second kappa shape index (κ2) is 6.68. The lowest BCUT2D eigenvalue weighted by Gasteiger charge is -2.36. The van der Waals surface area contributed by atoms with E-state index in [4.69, 9.17) is 5.73 Å². The molecule has 0 aliphatic heterocycles. The first-order valence-corrected chi connectivity index (χ1v) is 7.55. The molecule has 0 saturated heterocycles. The van der Waals surface area contributed by atoms with Gasteiger partial charge in [-0.15, -0.1) is 0 Å². The van der Waals surface area contributed by atoms with Gasteiger partial charge in [0.25, 0.3) is 5.91 Å². The number of aliphatic carboxylic acids is 1. The second-order valence-corrected chi connectivity index (χ2v) is 6.09. The molecule has 1 aromatic carbocycles. The molecular formula is C16H21N3O4. The summed E-state index contributed by atoms with van der Waals surface area (Å²) in [4.78, 5) is 34.8. The third kappa shape index (κ3) is 4.00. The number of primary amides is 1. The molecule has 0 unspecified atom stereocenters. The number of hydrogen-bond donors (Lipinski definition) is 4. The Balaban J connectivity index is 2.10. The summed E-state index contributed by atoms with van der Waals surface area (Å²) < 4.78 is 0. The third-order valence-electron chi connectivity index (χ3n) is 4.30. The van der Waals surface area contributed by atoms with Crippen LogP contribution in [0.3, 0.4) is 0 Å². The van der Waals surface area contributed by atoms with Crippen molar-refractivity contribution in [3.63, 3.8) is 0 Å². The highest BCUT2D eigenvalue weighted by Gasteiger charge is 2.42. The fraction of sp³-hybridized carbons (Fsp3) is 0.438. The van der Waals surface area contributed by atoms with Gasteiger partial charge in [-0.3, -0.25) is 4.79 Å². The van der Waals surface area contributed by atoms with Crippen LogP contribution >= 0.6 is 0 Å². The number of carboxylic acid groups (broad SMARTS) is 1. The Kier molecular flexibility index (Phi) is 4.88. The highest BCUT2D eigenvalue weighted by Crippen LogP contribution is 2.32. The van der Waals surface area contributed by atoms with Crippen LogP contribution in [0.1, 0.15) is 43.0 Å². The lowest BCUT2D eigenvalue weighted by molar-refractivity contribution is -0.146. The lowest BCUT2D eigenvalue weighted by Crippen LogP contribution is -2.56. The van der Waals surface area contributed by atoms with E-state index in [0.29, 0.717) is 30.0 Å². The van der Waals surface area contributed by atoms with Gasteiger partial charge in [0.2, 0.25) is 0 Å². The smallest absolute Gasteiger partial charge is 0.329 e. The van der Waals surface area contributed by atoms with E-state index >= 15 is 0 Å². The fourth-order valence-electron chi connectivity index (χ4n) is 2.78. The zero-order valence-electron chi connectivity index (χ0n) is 13.0. The SMILES string of the molecule is CC1CCC(NC(=O)c2ccc(NC(N)=O)cc2)(C(=O)O)CC1. The maximum absolute atomic E-state index is 12.4. The van der Waals surface area contributed by atoms with Crippen LogP contribution in [0.4, 0.5) is 10.5 Å². The fourth-order valence-corrected chi connectivity index (χ4v) is 2.78. The molecule has 1 saturated carbocycles. The standard InChI is InChI=1S/C16H21N3O4/c1-10-6-8-16(9-7-10,14(21)22)19-13(20)11-2-4-12(5-3-11)18-15(17)23/h2-5,10H,6-9H2,1H3,(H,19,20)(H,21,22)(H3,17,18,23). The molecule has 7 nitrogen and oxygen atoms in total. The lowest BCUT2D eigenvalue weighted by atomic mass is 9.77. The van der Waals surface area contributed by atoms with Crippen LogP contribution in [0.25, 0.3) is 0 Å². The Labute approximate surface area is 134 Å². The molecule has 0 spiro atoms.